The lowest BCUT2D eigenvalue weighted by Crippen LogP contribution is -2.36. The van der Waals surface area contributed by atoms with Crippen molar-refractivity contribution in [2.45, 2.75) is 72.4 Å². The fourth-order valence-electron chi connectivity index (χ4n) is 2.72. The predicted octanol–water partition coefficient (Wildman–Crippen LogP) is 3.89. The summed E-state index contributed by atoms with van der Waals surface area (Å²) in [4.78, 5) is 23.8. The van der Waals surface area contributed by atoms with Gasteiger partial charge in [0.25, 0.3) is 0 Å². The van der Waals surface area contributed by atoms with E-state index >= 15 is 0 Å². The summed E-state index contributed by atoms with van der Waals surface area (Å²) in [6, 6.07) is 7.80. The highest BCUT2D eigenvalue weighted by Crippen LogP contribution is 2.18. The maximum Gasteiger partial charge on any atom is 0.222 e. The van der Waals surface area contributed by atoms with Crippen LogP contribution < -0.4 is 10.6 Å². The molecule has 0 fully saturated rings. The van der Waals surface area contributed by atoms with Crippen molar-refractivity contribution in [2.75, 3.05) is 0 Å². The Kier molecular flexibility index (Phi) is 8.51. The van der Waals surface area contributed by atoms with E-state index in [1.807, 2.05) is 38.1 Å². The third-order valence-corrected chi connectivity index (χ3v) is 4.07. The Morgan fingerprint density at radius 1 is 1.00 bits per heavy atom. The molecule has 1 aromatic carbocycles. The minimum atomic E-state index is -0.286. The summed E-state index contributed by atoms with van der Waals surface area (Å²) in [6.45, 7) is 9.96. The van der Waals surface area contributed by atoms with Crippen molar-refractivity contribution in [2.24, 2.45) is 5.92 Å². The first-order valence-electron chi connectivity index (χ1n) is 8.91. The van der Waals surface area contributed by atoms with Gasteiger partial charge in [0, 0.05) is 13.0 Å². The number of hydrogen-bond donors (Lipinski definition) is 2. The normalized spacial score (nSPS) is 13.4. The number of hydrogen-bond acceptors (Lipinski definition) is 2. The topological polar surface area (TPSA) is 58.2 Å². The average molecular weight is 332 g/mol. The molecule has 1 rings (SSSR count). The number of amides is 2. The maximum atomic E-state index is 12.3. The minimum Gasteiger partial charge on any atom is -0.354 e. The van der Waals surface area contributed by atoms with Gasteiger partial charge in [-0.3, -0.25) is 9.59 Å². The zero-order valence-corrected chi connectivity index (χ0v) is 15.7. The number of benzene rings is 1. The van der Waals surface area contributed by atoms with Gasteiger partial charge in [0.1, 0.15) is 0 Å². The van der Waals surface area contributed by atoms with Crippen LogP contribution in [0.4, 0.5) is 0 Å². The lowest BCUT2D eigenvalue weighted by Gasteiger charge is -2.20. The number of carbonyl (C=O) groups excluding carboxylic acids is 2. The van der Waals surface area contributed by atoms with E-state index in [0.29, 0.717) is 5.92 Å². The number of rotatable bonds is 9. The molecule has 0 radical (unpaired) electrons. The summed E-state index contributed by atoms with van der Waals surface area (Å²) >= 11 is 0. The van der Waals surface area contributed by atoms with Gasteiger partial charge in [-0.2, -0.15) is 0 Å². The molecule has 0 aliphatic rings. The summed E-state index contributed by atoms with van der Waals surface area (Å²) in [6.07, 6.45) is 3.54. The lowest BCUT2D eigenvalue weighted by atomic mass is 10.0. The highest BCUT2D eigenvalue weighted by molar-refractivity contribution is 5.79. The number of carbonyl (C=O) groups is 2. The molecule has 0 saturated carbocycles. The van der Waals surface area contributed by atoms with E-state index in [0.717, 1.165) is 24.0 Å². The van der Waals surface area contributed by atoms with Crippen LogP contribution in [0.5, 0.6) is 0 Å². The Bertz CT molecular complexity index is 523. The molecule has 2 N–H and O–H groups in total. The molecule has 134 valence electrons. The smallest absolute Gasteiger partial charge is 0.222 e. The van der Waals surface area contributed by atoms with Crippen molar-refractivity contribution in [1.82, 2.24) is 10.6 Å². The molecule has 0 aromatic heterocycles. The molecule has 2 unspecified atom stereocenters. The molecule has 4 nitrogen and oxygen atoms in total. The van der Waals surface area contributed by atoms with Crippen LogP contribution in [0.3, 0.4) is 0 Å². The molecule has 1 aromatic rings. The molecule has 0 heterocycles. The van der Waals surface area contributed by atoms with Gasteiger partial charge in [0.05, 0.1) is 12.5 Å². The van der Waals surface area contributed by atoms with E-state index in [1.54, 1.807) is 0 Å². The van der Waals surface area contributed by atoms with Gasteiger partial charge < -0.3 is 10.6 Å². The number of nitrogens with one attached hydrogen (secondary N) is 2. The minimum absolute atomic E-state index is 0.0219. The van der Waals surface area contributed by atoms with Gasteiger partial charge in [-0.1, -0.05) is 56.5 Å². The fourth-order valence-corrected chi connectivity index (χ4v) is 2.72. The quantitative estimate of drug-likeness (QED) is 0.720. The zero-order valence-electron chi connectivity index (χ0n) is 15.7. The molecule has 24 heavy (non-hydrogen) atoms. The third-order valence-electron chi connectivity index (χ3n) is 4.07. The second-order valence-electron chi connectivity index (χ2n) is 7.16. The summed E-state index contributed by atoms with van der Waals surface area (Å²) < 4.78 is 0. The summed E-state index contributed by atoms with van der Waals surface area (Å²) in [5, 5.41) is 5.93. The molecule has 0 aliphatic carbocycles. The van der Waals surface area contributed by atoms with Crippen LogP contribution in [0.2, 0.25) is 0 Å². The molecular formula is C20H32N2O2. The molecule has 0 saturated heterocycles. The first kappa shape index (κ1) is 20.2. The van der Waals surface area contributed by atoms with E-state index in [9.17, 15) is 9.59 Å². The van der Waals surface area contributed by atoms with Gasteiger partial charge in [-0.05, 0) is 31.7 Å². The van der Waals surface area contributed by atoms with Gasteiger partial charge in [-0.15, -0.1) is 0 Å². The molecule has 4 heteroatoms. The van der Waals surface area contributed by atoms with Gasteiger partial charge in [-0.25, -0.2) is 0 Å². The van der Waals surface area contributed by atoms with Gasteiger partial charge >= 0.3 is 0 Å². The van der Waals surface area contributed by atoms with Crippen molar-refractivity contribution in [1.29, 1.82) is 0 Å². The Morgan fingerprint density at radius 3 is 2.17 bits per heavy atom. The standard InChI is InChI=1S/C20H32N2O2/c1-14(2)7-6-8-16(4)21-20(24)13-19(22-17(5)23)18-11-9-15(3)10-12-18/h9-12,14,16,19H,6-8,13H2,1-5H3,(H,21,24)(H,22,23). The first-order chi connectivity index (χ1) is 11.3. The number of aryl methyl sites for hydroxylation is 1. The van der Waals surface area contributed by atoms with Crippen molar-refractivity contribution in [3.8, 4) is 0 Å². The van der Waals surface area contributed by atoms with E-state index in [4.69, 9.17) is 0 Å². The third kappa shape index (κ3) is 8.14. The molecule has 2 amide bonds. The Balaban J connectivity index is 2.57. The molecular weight excluding hydrogens is 300 g/mol. The highest BCUT2D eigenvalue weighted by atomic mass is 16.2. The van der Waals surface area contributed by atoms with Crippen LogP contribution in [0.15, 0.2) is 24.3 Å². The molecule has 0 bridgehead atoms. The highest BCUT2D eigenvalue weighted by Gasteiger charge is 2.18. The first-order valence-corrected chi connectivity index (χ1v) is 8.91. The second-order valence-corrected chi connectivity index (χ2v) is 7.16. The van der Waals surface area contributed by atoms with Crippen LogP contribution in [0.1, 0.15) is 70.5 Å². The summed E-state index contributed by atoms with van der Waals surface area (Å²) in [7, 11) is 0. The van der Waals surface area contributed by atoms with Crippen molar-refractivity contribution >= 4 is 11.8 Å². The van der Waals surface area contributed by atoms with Crippen LogP contribution >= 0.6 is 0 Å². The molecule has 2 atom stereocenters. The van der Waals surface area contributed by atoms with E-state index in [1.165, 1.54) is 13.3 Å². The predicted molar refractivity (Wildman–Crippen MR) is 98.6 cm³/mol. The van der Waals surface area contributed by atoms with Crippen molar-refractivity contribution < 1.29 is 9.59 Å². The van der Waals surface area contributed by atoms with Crippen LogP contribution in [0.25, 0.3) is 0 Å². The Labute approximate surface area is 146 Å². The summed E-state index contributed by atoms with van der Waals surface area (Å²) in [5.74, 6) is 0.545. The van der Waals surface area contributed by atoms with Gasteiger partial charge in [0.2, 0.25) is 11.8 Å². The lowest BCUT2D eigenvalue weighted by molar-refractivity contribution is -0.123. The van der Waals surface area contributed by atoms with E-state index < -0.39 is 0 Å². The van der Waals surface area contributed by atoms with E-state index in [2.05, 4.69) is 24.5 Å². The van der Waals surface area contributed by atoms with Crippen LogP contribution in [-0.4, -0.2) is 17.9 Å². The zero-order chi connectivity index (χ0) is 18.1. The summed E-state index contributed by atoms with van der Waals surface area (Å²) in [5.41, 5.74) is 2.11. The van der Waals surface area contributed by atoms with Crippen LogP contribution in [-0.2, 0) is 9.59 Å². The molecule has 0 spiro atoms. The van der Waals surface area contributed by atoms with Gasteiger partial charge in [0.15, 0.2) is 0 Å². The van der Waals surface area contributed by atoms with E-state index in [-0.39, 0.29) is 30.3 Å². The maximum absolute atomic E-state index is 12.3. The molecule has 0 aliphatic heterocycles. The largest absolute Gasteiger partial charge is 0.354 e. The second kappa shape index (κ2) is 10.1. The Hall–Kier alpha value is -1.84. The van der Waals surface area contributed by atoms with Crippen LogP contribution in [0, 0.1) is 12.8 Å². The Morgan fingerprint density at radius 2 is 1.62 bits per heavy atom. The fraction of sp³-hybridized carbons (Fsp3) is 0.600. The average Bonchev–Trinajstić information content (AvgIpc) is 2.46. The monoisotopic (exact) mass is 332 g/mol. The van der Waals surface area contributed by atoms with Crippen molar-refractivity contribution in [3.05, 3.63) is 35.4 Å². The van der Waals surface area contributed by atoms with Crippen molar-refractivity contribution in [3.63, 3.8) is 0 Å². The SMILES string of the molecule is CC(=O)NC(CC(=O)NC(C)CCCC(C)C)c1ccc(C)cc1.